The normalized spacial score (nSPS) is 34.5. The van der Waals surface area contributed by atoms with Crippen LogP contribution in [0.25, 0.3) is 0 Å². The maximum absolute atomic E-state index is 11.7. The van der Waals surface area contributed by atoms with E-state index in [0.717, 1.165) is 4.57 Å². The smallest absolute Gasteiger partial charge is 0.351 e. The monoisotopic (exact) mass is 273 g/mol. The second-order valence-corrected chi connectivity index (χ2v) is 4.49. The van der Waals surface area contributed by atoms with Gasteiger partial charge in [0.05, 0.1) is 6.61 Å². The topological polar surface area (TPSA) is 137 Å². The zero-order chi connectivity index (χ0) is 14.2. The Balaban J connectivity index is 2.39. The standard InChI is InChI=1S/C10H15N3O6/c1-10(17)7(15)5(4-14)19-8(10)13-3-2-6(12-18)11-9(13)16/h2-3,5,7-8,14-15,17-18H,4H2,1H3,(H,11,12,16)/t5-,7?,8-,10-/m1/s1. The molecule has 4 atom stereocenters. The Morgan fingerprint density at radius 1 is 1.63 bits per heavy atom. The largest absolute Gasteiger partial charge is 0.394 e. The summed E-state index contributed by atoms with van der Waals surface area (Å²) in [5, 5.41) is 37.7. The van der Waals surface area contributed by atoms with E-state index in [1.54, 1.807) is 5.48 Å². The molecule has 0 amide bonds. The zero-order valence-electron chi connectivity index (χ0n) is 10.1. The van der Waals surface area contributed by atoms with Gasteiger partial charge in [0.25, 0.3) is 0 Å². The third-order valence-corrected chi connectivity index (χ3v) is 3.13. The quantitative estimate of drug-likeness (QED) is 0.401. The predicted octanol–water partition coefficient (Wildman–Crippen LogP) is -1.95. The third-order valence-electron chi connectivity index (χ3n) is 3.13. The summed E-state index contributed by atoms with van der Waals surface area (Å²) < 4.78 is 6.24. The van der Waals surface area contributed by atoms with Crippen LogP contribution in [0.3, 0.4) is 0 Å². The molecule has 1 aliphatic rings. The molecule has 0 bridgehead atoms. The number of aliphatic hydroxyl groups excluding tert-OH is 2. The van der Waals surface area contributed by atoms with Gasteiger partial charge in [-0.3, -0.25) is 15.3 Å². The molecule has 1 aliphatic heterocycles. The number of ether oxygens (including phenoxy) is 1. The first-order chi connectivity index (χ1) is 8.91. The van der Waals surface area contributed by atoms with E-state index in [9.17, 15) is 15.0 Å². The van der Waals surface area contributed by atoms with E-state index in [0.29, 0.717) is 0 Å². The lowest BCUT2D eigenvalue weighted by Gasteiger charge is -2.27. The van der Waals surface area contributed by atoms with Crippen molar-refractivity contribution in [1.82, 2.24) is 9.55 Å². The average molecular weight is 273 g/mol. The van der Waals surface area contributed by atoms with Crippen molar-refractivity contribution in [2.75, 3.05) is 12.1 Å². The predicted molar refractivity (Wildman–Crippen MR) is 61.5 cm³/mol. The van der Waals surface area contributed by atoms with Gasteiger partial charge in [-0.05, 0) is 13.0 Å². The Bertz CT molecular complexity index is 516. The molecule has 0 aromatic carbocycles. The van der Waals surface area contributed by atoms with Gasteiger partial charge in [-0.1, -0.05) is 0 Å². The molecule has 19 heavy (non-hydrogen) atoms. The van der Waals surface area contributed by atoms with Crippen molar-refractivity contribution < 1.29 is 25.3 Å². The van der Waals surface area contributed by atoms with E-state index in [1.165, 1.54) is 19.2 Å². The molecule has 1 unspecified atom stereocenters. The minimum Gasteiger partial charge on any atom is -0.394 e. The summed E-state index contributed by atoms with van der Waals surface area (Å²) in [6.07, 6.45) is -2.28. The highest BCUT2D eigenvalue weighted by molar-refractivity contribution is 5.28. The maximum Gasteiger partial charge on any atom is 0.351 e. The minimum absolute atomic E-state index is 0.0573. The van der Waals surface area contributed by atoms with Crippen LogP contribution in [0.2, 0.25) is 0 Å². The van der Waals surface area contributed by atoms with Gasteiger partial charge in [0, 0.05) is 6.20 Å². The molecular formula is C10H15N3O6. The fourth-order valence-electron chi connectivity index (χ4n) is 2.04. The molecule has 2 heterocycles. The molecule has 2 rings (SSSR count). The first kappa shape index (κ1) is 13.9. The molecule has 0 radical (unpaired) electrons. The Morgan fingerprint density at radius 2 is 2.32 bits per heavy atom. The third kappa shape index (κ3) is 2.22. The van der Waals surface area contributed by atoms with Crippen molar-refractivity contribution in [2.24, 2.45) is 0 Å². The fourth-order valence-corrected chi connectivity index (χ4v) is 2.04. The molecular weight excluding hydrogens is 258 g/mol. The molecule has 0 aliphatic carbocycles. The number of aliphatic hydroxyl groups is 3. The molecule has 9 heteroatoms. The summed E-state index contributed by atoms with van der Waals surface area (Å²) in [7, 11) is 0. The van der Waals surface area contributed by atoms with Crippen LogP contribution in [0.1, 0.15) is 13.2 Å². The first-order valence-corrected chi connectivity index (χ1v) is 5.58. The van der Waals surface area contributed by atoms with Gasteiger partial charge in [0.1, 0.15) is 17.8 Å². The Labute approximate surface area is 107 Å². The summed E-state index contributed by atoms with van der Waals surface area (Å²) in [6.45, 7) is 0.801. The highest BCUT2D eigenvalue weighted by Gasteiger charge is 2.53. The Kier molecular flexibility index (Phi) is 3.56. The number of hydrogen-bond acceptors (Lipinski definition) is 8. The van der Waals surface area contributed by atoms with Gasteiger partial charge in [0.15, 0.2) is 12.0 Å². The number of nitrogens with zero attached hydrogens (tertiary/aromatic N) is 2. The van der Waals surface area contributed by atoms with E-state index >= 15 is 0 Å². The molecule has 5 N–H and O–H groups in total. The number of aromatic nitrogens is 2. The molecule has 0 saturated carbocycles. The van der Waals surface area contributed by atoms with Crippen molar-refractivity contribution in [3.8, 4) is 0 Å². The summed E-state index contributed by atoms with van der Waals surface area (Å²) in [6, 6.07) is 1.29. The lowest BCUT2D eigenvalue weighted by atomic mass is 9.96. The second-order valence-electron chi connectivity index (χ2n) is 4.49. The van der Waals surface area contributed by atoms with Crippen molar-refractivity contribution in [1.29, 1.82) is 0 Å². The lowest BCUT2D eigenvalue weighted by Crippen LogP contribution is -2.46. The summed E-state index contributed by atoms with van der Waals surface area (Å²) in [5.74, 6) is -0.0573. The van der Waals surface area contributed by atoms with Gasteiger partial charge in [0.2, 0.25) is 0 Å². The lowest BCUT2D eigenvalue weighted by molar-refractivity contribution is -0.0987. The SMILES string of the molecule is C[C@@]1(O)C(O)[C@@H](CO)O[C@H]1n1ccc(NO)nc1=O. The summed E-state index contributed by atoms with van der Waals surface area (Å²) >= 11 is 0. The second kappa shape index (κ2) is 4.87. The number of anilines is 1. The van der Waals surface area contributed by atoms with Crippen LogP contribution < -0.4 is 11.2 Å². The van der Waals surface area contributed by atoms with Crippen LogP contribution in [0.4, 0.5) is 5.82 Å². The summed E-state index contributed by atoms with van der Waals surface area (Å²) in [4.78, 5) is 15.2. The van der Waals surface area contributed by atoms with E-state index in [-0.39, 0.29) is 5.82 Å². The van der Waals surface area contributed by atoms with Gasteiger partial charge in [-0.2, -0.15) is 4.98 Å². The van der Waals surface area contributed by atoms with E-state index in [1.807, 2.05) is 0 Å². The van der Waals surface area contributed by atoms with E-state index < -0.39 is 36.3 Å². The fraction of sp³-hybridized carbons (Fsp3) is 0.600. The Morgan fingerprint density at radius 3 is 2.79 bits per heavy atom. The average Bonchev–Trinajstić information content (AvgIpc) is 2.61. The van der Waals surface area contributed by atoms with Crippen molar-refractivity contribution >= 4 is 5.82 Å². The van der Waals surface area contributed by atoms with Crippen LogP contribution in [0.5, 0.6) is 0 Å². The molecule has 1 aromatic heterocycles. The zero-order valence-corrected chi connectivity index (χ0v) is 10.1. The van der Waals surface area contributed by atoms with Crippen LogP contribution in [0, 0.1) is 0 Å². The highest BCUT2D eigenvalue weighted by atomic mass is 16.6. The molecule has 1 saturated heterocycles. The van der Waals surface area contributed by atoms with Gasteiger partial charge in [-0.15, -0.1) is 0 Å². The van der Waals surface area contributed by atoms with Crippen molar-refractivity contribution in [2.45, 2.75) is 31.0 Å². The number of rotatable bonds is 3. The van der Waals surface area contributed by atoms with Crippen LogP contribution >= 0.6 is 0 Å². The van der Waals surface area contributed by atoms with E-state index in [2.05, 4.69) is 4.98 Å². The van der Waals surface area contributed by atoms with Crippen molar-refractivity contribution in [3.05, 3.63) is 22.7 Å². The van der Waals surface area contributed by atoms with Gasteiger partial charge in [-0.25, -0.2) is 4.79 Å². The Hall–Kier alpha value is -1.52. The molecule has 1 aromatic rings. The molecule has 106 valence electrons. The van der Waals surface area contributed by atoms with Gasteiger partial charge < -0.3 is 20.1 Å². The molecule has 1 fully saturated rings. The number of nitrogens with one attached hydrogen (secondary N) is 1. The highest BCUT2D eigenvalue weighted by Crippen LogP contribution is 2.37. The van der Waals surface area contributed by atoms with Gasteiger partial charge >= 0.3 is 5.69 Å². The maximum atomic E-state index is 11.7. The molecule has 0 spiro atoms. The van der Waals surface area contributed by atoms with Crippen molar-refractivity contribution in [3.63, 3.8) is 0 Å². The van der Waals surface area contributed by atoms with Crippen LogP contribution in [0.15, 0.2) is 17.1 Å². The number of hydrogen-bond donors (Lipinski definition) is 5. The van der Waals surface area contributed by atoms with Crippen LogP contribution in [-0.2, 0) is 4.74 Å². The summed E-state index contributed by atoms with van der Waals surface area (Å²) in [5.41, 5.74) is -0.821. The first-order valence-electron chi connectivity index (χ1n) is 5.58. The minimum atomic E-state index is -1.76. The van der Waals surface area contributed by atoms with Crippen LogP contribution in [-0.4, -0.2) is 54.5 Å². The molecule has 9 nitrogen and oxygen atoms in total. The van der Waals surface area contributed by atoms with E-state index in [4.69, 9.17) is 15.1 Å².